The Balaban J connectivity index is 1.99. The summed E-state index contributed by atoms with van der Waals surface area (Å²) in [4.78, 5) is 42.3. The number of aliphatic hydroxyl groups excluding tert-OH is 1. The van der Waals surface area contributed by atoms with Gasteiger partial charge in [-0.05, 0) is 13.0 Å². The first-order valence-electron chi connectivity index (χ1n) is 9.82. The molecule has 1 heterocycles. The largest absolute Gasteiger partial charge is 0.507 e. The van der Waals surface area contributed by atoms with Crippen LogP contribution in [0.4, 0.5) is 0 Å². The molecule has 9 nitrogen and oxygen atoms in total. The zero-order valence-corrected chi connectivity index (χ0v) is 16.9. The molecule has 1 aromatic rings. The predicted octanol–water partition coefficient (Wildman–Crippen LogP) is 0.441. The first-order valence-corrected chi connectivity index (χ1v) is 9.82. The summed E-state index contributed by atoms with van der Waals surface area (Å²) in [5.41, 5.74) is 7.52. The molecule has 4 aliphatic rings. The number of benzene rings is 1. The molecule has 4 atom stereocenters. The first kappa shape index (κ1) is 19.6. The number of esters is 1. The van der Waals surface area contributed by atoms with Gasteiger partial charge in [-0.15, -0.1) is 0 Å². The van der Waals surface area contributed by atoms with Crippen molar-refractivity contribution in [1.29, 1.82) is 0 Å². The van der Waals surface area contributed by atoms with Crippen LogP contribution in [0.3, 0.4) is 0 Å². The van der Waals surface area contributed by atoms with Crippen molar-refractivity contribution in [3.8, 4) is 5.75 Å². The molecule has 1 aliphatic heterocycles. The van der Waals surface area contributed by atoms with Gasteiger partial charge < -0.3 is 25.2 Å². The number of epoxide rings is 1. The fourth-order valence-electron chi connectivity index (χ4n) is 4.71. The maximum absolute atomic E-state index is 13.3. The predicted molar refractivity (Wildman–Crippen MR) is 104 cm³/mol. The molecule has 9 heteroatoms. The van der Waals surface area contributed by atoms with Gasteiger partial charge >= 0.3 is 11.3 Å². The molecule has 1 fully saturated rings. The molecule has 0 unspecified atom stereocenters. The van der Waals surface area contributed by atoms with Gasteiger partial charge in [-0.3, -0.25) is 14.4 Å². The highest BCUT2D eigenvalue weighted by Gasteiger charge is 2.68. The topological polar surface area (TPSA) is 150 Å². The molecule has 0 spiro atoms. The minimum Gasteiger partial charge on any atom is -0.507 e. The van der Waals surface area contributed by atoms with Crippen molar-refractivity contribution >= 4 is 16.7 Å². The summed E-state index contributed by atoms with van der Waals surface area (Å²) in [6.07, 6.45) is -3.16. The van der Waals surface area contributed by atoms with Crippen molar-refractivity contribution in [2.75, 3.05) is 0 Å². The number of ether oxygens (including phenoxy) is 2. The number of carbonyl (C=O) groups excluding carboxylic acids is 1. The standard InChI is InChI=1S/C22H18N2O7/c1-7(2)21(29)30-19-14-12(18(28)20-22(19,3)31-20)11-13(15(14)24-23)17(27)10-8(16(11)26)5-4-6-9(10)25/h4-7,18-20,25,28H,1-3H3/t18-,19+,20-,22-/m1/s1. The van der Waals surface area contributed by atoms with Crippen molar-refractivity contribution in [3.05, 3.63) is 71.1 Å². The third-order valence-corrected chi connectivity index (χ3v) is 6.33. The summed E-state index contributed by atoms with van der Waals surface area (Å²) >= 11 is 0. The van der Waals surface area contributed by atoms with E-state index in [9.17, 15) is 30.1 Å². The molecule has 1 aromatic carbocycles. The molecule has 5 rings (SSSR count). The highest BCUT2D eigenvalue weighted by molar-refractivity contribution is 5.88. The fraction of sp³-hybridized carbons (Fsp3) is 0.364. The molecule has 0 saturated carbocycles. The number of aliphatic hydroxyl groups is 1. The Morgan fingerprint density at radius 1 is 1.23 bits per heavy atom. The Kier molecular flexibility index (Phi) is 3.83. The lowest BCUT2D eigenvalue weighted by Gasteiger charge is -2.27. The Labute approximate surface area is 174 Å². The minimum absolute atomic E-state index is 0.0252. The molecule has 0 aromatic heterocycles. The number of rotatable bonds is 2. The van der Waals surface area contributed by atoms with Gasteiger partial charge in [0.05, 0.1) is 16.9 Å². The van der Waals surface area contributed by atoms with Gasteiger partial charge in [0, 0.05) is 16.2 Å². The molecule has 3 aliphatic carbocycles. The number of hydrogen-bond donors (Lipinski definition) is 2. The number of phenols is 1. The Bertz CT molecular complexity index is 1550. The van der Waals surface area contributed by atoms with Crippen molar-refractivity contribution in [2.45, 2.75) is 44.7 Å². The minimum atomic E-state index is -1.30. The maximum Gasteiger partial charge on any atom is 0.334 e. The second-order valence-electron chi connectivity index (χ2n) is 8.52. The van der Waals surface area contributed by atoms with Gasteiger partial charge in [0.15, 0.2) is 11.5 Å². The van der Waals surface area contributed by atoms with Crippen LogP contribution in [-0.4, -0.2) is 32.7 Å². The zero-order valence-electron chi connectivity index (χ0n) is 16.9. The first-order chi connectivity index (χ1) is 14.6. The van der Waals surface area contributed by atoms with Crippen LogP contribution in [0.5, 0.6) is 5.75 Å². The Morgan fingerprint density at radius 2 is 1.94 bits per heavy atom. The van der Waals surface area contributed by atoms with Gasteiger partial charge in [0.25, 0.3) is 0 Å². The van der Waals surface area contributed by atoms with Gasteiger partial charge in [0.2, 0.25) is 5.43 Å². The van der Waals surface area contributed by atoms with Crippen LogP contribution < -0.4 is 16.2 Å². The van der Waals surface area contributed by atoms with Crippen LogP contribution in [0.15, 0.2) is 27.8 Å². The van der Waals surface area contributed by atoms with Crippen LogP contribution in [-0.2, 0) is 14.3 Å². The molecular formula is C22H18N2O7. The van der Waals surface area contributed by atoms with E-state index in [1.807, 2.05) is 0 Å². The van der Waals surface area contributed by atoms with E-state index in [0.29, 0.717) is 0 Å². The summed E-state index contributed by atoms with van der Waals surface area (Å²) in [5.74, 6) is -1.41. The molecular weight excluding hydrogens is 404 g/mol. The maximum atomic E-state index is 13.3. The summed E-state index contributed by atoms with van der Waals surface area (Å²) in [6.45, 7) is 4.93. The van der Waals surface area contributed by atoms with E-state index in [1.165, 1.54) is 18.2 Å². The molecule has 158 valence electrons. The number of hydrogen-bond acceptors (Lipinski definition) is 7. The lowest BCUT2D eigenvalue weighted by molar-refractivity contribution is -0.158. The number of phenolic OH excluding ortho intramolecular Hbond substituents is 1. The lowest BCUT2D eigenvalue weighted by atomic mass is 9.81. The highest BCUT2D eigenvalue weighted by atomic mass is 16.7. The van der Waals surface area contributed by atoms with Crippen molar-refractivity contribution < 1.29 is 29.3 Å². The van der Waals surface area contributed by atoms with E-state index in [0.717, 1.165) is 0 Å². The van der Waals surface area contributed by atoms with E-state index < -0.39 is 46.7 Å². The summed E-state index contributed by atoms with van der Waals surface area (Å²) in [7, 11) is 0. The van der Waals surface area contributed by atoms with Gasteiger partial charge in [0.1, 0.15) is 28.8 Å². The fourth-order valence-corrected chi connectivity index (χ4v) is 4.71. The average molecular weight is 422 g/mol. The van der Waals surface area contributed by atoms with E-state index in [4.69, 9.17) is 9.47 Å². The van der Waals surface area contributed by atoms with Gasteiger partial charge in [-0.2, -0.15) is 4.79 Å². The quantitative estimate of drug-likeness (QED) is 0.263. The summed E-state index contributed by atoms with van der Waals surface area (Å²) in [5, 5.41) is 20.3. The van der Waals surface area contributed by atoms with Crippen LogP contribution in [0, 0.1) is 16.4 Å². The number of aromatic hydroxyl groups is 1. The Morgan fingerprint density at radius 3 is 2.58 bits per heavy atom. The normalized spacial score (nSPS) is 26.5. The lowest BCUT2D eigenvalue weighted by Crippen LogP contribution is -2.37. The third kappa shape index (κ3) is 2.31. The third-order valence-electron chi connectivity index (χ3n) is 6.33. The van der Waals surface area contributed by atoms with Crippen molar-refractivity contribution in [2.24, 2.45) is 5.92 Å². The van der Waals surface area contributed by atoms with Crippen molar-refractivity contribution in [3.63, 3.8) is 0 Å². The second-order valence-corrected chi connectivity index (χ2v) is 8.52. The van der Waals surface area contributed by atoms with Crippen LogP contribution in [0.25, 0.3) is 16.3 Å². The molecule has 0 amide bonds. The van der Waals surface area contributed by atoms with Gasteiger partial charge in [-0.1, -0.05) is 26.0 Å². The van der Waals surface area contributed by atoms with E-state index >= 15 is 0 Å². The number of fused-ring (bicyclic) bond motifs is 4. The van der Waals surface area contributed by atoms with Crippen LogP contribution in [0.2, 0.25) is 0 Å². The smallest absolute Gasteiger partial charge is 0.334 e. The summed E-state index contributed by atoms with van der Waals surface area (Å²) in [6, 6.07) is 4.11. The van der Waals surface area contributed by atoms with Crippen molar-refractivity contribution in [1.82, 2.24) is 0 Å². The van der Waals surface area contributed by atoms with E-state index in [2.05, 4.69) is 4.79 Å². The zero-order chi connectivity index (χ0) is 22.4. The van der Waals surface area contributed by atoms with Crippen LogP contribution in [0.1, 0.15) is 44.1 Å². The molecule has 0 bridgehead atoms. The molecule has 0 radical (unpaired) electrons. The number of nitrogens with zero attached hydrogens (tertiary/aromatic N) is 2. The highest BCUT2D eigenvalue weighted by Crippen LogP contribution is 2.58. The molecule has 2 N–H and O–H groups in total. The van der Waals surface area contributed by atoms with E-state index in [-0.39, 0.29) is 43.4 Å². The number of carbonyl (C=O) groups is 1. The SMILES string of the molecule is CC(C)C(=O)O[C@H]1c2c(c3c(=O)c4cccc(O)c4c(=O)c=3c2=[N+]=[N-])[C@@H](O)[C@H]2O[C@@]21C. The molecule has 31 heavy (non-hydrogen) atoms. The summed E-state index contributed by atoms with van der Waals surface area (Å²) < 4.78 is 11.3. The molecule has 1 saturated heterocycles. The monoisotopic (exact) mass is 422 g/mol. The van der Waals surface area contributed by atoms with Crippen LogP contribution >= 0.6 is 0 Å². The van der Waals surface area contributed by atoms with Gasteiger partial charge in [-0.25, -0.2) is 0 Å². The Hall–Kier alpha value is -3.39. The average Bonchev–Trinajstić information content (AvgIpc) is 3.30. The second kappa shape index (κ2) is 6.07. The van der Waals surface area contributed by atoms with E-state index in [1.54, 1.807) is 20.8 Å².